The largest absolute Gasteiger partial charge is 0.338 e. The molecule has 0 saturated heterocycles. The molecule has 2 N–H and O–H groups in total. The molecule has 3 nitrogen and oxygen atoms in total. The van der Waals surface area contributed by atoms with Crippen LogP contribution in [0.15, 0.2) is 41.6 Å². The molecule has 0 aliphatic carbocycles. The van der Waals surface area contributed by atoms with E-state index >= 15 is 0 Å². The fraction of sp³-hybridized carbons (Fsp3) is 0.357. The summed E-state index contributed by atoms with van der Waals surface area (Å²) in [4.78, 5) is 5.60. The van der Waals surface area contributed by atoms with Gasteiger partial charge in [0.25, 0.3) is 0 Å². The van der Waals surface area contributed by atoms with Crippen molar-refractivity contribution >= 4 is 11.8 Å². The SMILES string of the molecule is CCSc1ccc(C(N)Cc2nccn2C)cc1. The van der Waals surface area contributed by atoms with Gasteiger partial charge in [-0.05, 0) is 23.4 Å². The summed E-state index contributed by atoms with van der Waals surface area (Å²) < 4.78 is 2.02. The van der Waals surface area contributed by atoms with Crippen LogP contribution in [-0.2, 0) is 13.5 Å². The van der Waals surface area contributed by atoms with Crippen LogP contribution in [0.25, 0.3) is 0 Å². The maximum absolute atomic E-state index is 6.22. The number of imidazole rings is 1. The highest BCUT2D eigenvalue weighted by atomic mass is 32.2. The second-order valence-corrected chi connectivity index (χ2v) is 5.60. The summed E-state index contributed by atoms with van der Waals surface area (Å²) in [6.45, 7) is 2.16. The first kappa shape index (κ1) is 13.2. The van der Waals surface area contributed by atoms with Crippen LogP contribution < -0.4 is 5.73 Å². The fourth-order valence-electron chi connectivity index (χ4n) is 1.89. The smallest absolute Gasteiger partial charge is 0.110 e. The molecule has 1 aromatic carbocycles. The number of aryl methyl sites for hydroxylation is 1. The maximum Gasteiger partial charge on any atom is 0.110 e. The molecule has 1 unspecified atom stereocenters. The van der Waals surface area contributed by atoms with Crippen molar-refractivity contribution in [3.05, 3.63) is 48.0 Å². The molecular weight excluding hydrogens is 242 g/mol. The van der Waals surface area contributed by atoms with E-state index in [2.05, 4.69) is 36.2 Å². The van der Waals surface area contributed by atoms with E-state index in [1.165, 1.54) is 10.5 Å². The molecule has 0 amide bonds. The zero-order chi connectivity index (χ0) is 13.0. The number of nitrogens with two attached hydrogens (primary N) is 1. The highest BCUT2D eigenvalue weighted by molar-refractivity contribution is 7.99. The summed E-state index contributed by atoms with van der Waals surface area (Å²) >= 11 is 1.85. The van der Waals surface area contributed by atoms with Gasteiger partial charge in [-0.25, -0.2) is 4.98 Å². The summed E-state index contributed by atoms with van der Waals surface area (Å²) in [6.07, 6.45) is 4.52. The average Bonchev–Trinajstić information content (AvgIpc) is 2.76. The zero-order valence-electron chi connectivity index (χ0n) is 10.8. The summed E-state index contributed by atoms with van der Waals surface area (Å²) in [6, 6.07) is 8.52. The van der Waals surface area contributed by atoms with Crippen molar-refractivity contribution in [3.8, 4) is 0 Å². The van der Waals surface area contributed by atoms with Gasteiger partial charge < -0.3 is 10.3 Å². The van der Waals surface area contributed by atoms with Crippen LogP contribution in [0.2, 0.25) is 0 Å². The lowest BCUT2D eigenvalue weighted by molar-refractivity contribution is 0.659. The predicted molar refractivity (Wildman–Crippen MR) is 76.7 cm³/mol. The van der Waals surface area contributed by atoms with E-state index in [1.807, 2.05) is 35.8 Å². The molecule has 0 bridgehead atoms. The average molecular weight is 261 g/mol. The molecule has 1 heterocycles. The van der Waals surface area contributed by atoms with Crippen molar-refractivity contribution in [1.29, 1.82) is 0 Å². The minimum absolute atomic E-state index is 0.00627. The fourth-order valence-corrected chi connectivity index (χ4v) is 2.55. The Balaban J connectivity index is 2.04. The molecule has 0 saturated carbocycles. The first-order valence-corrected chi connectivity index (χ1v) is 7.13. The number of hydrogen-bond donors (Lipinski definition) is 1. The van der Waals surface area contributed by atoms with Crippen molar-refractivity contribution in [2.45, 2.75) is 24.3 Å². The number of nitrogens with zero attached hydrogens (tertiary/aromatic N) is 2. The van der Waals surface area contributed by atoms with E-state index in [4.69, 9.17) is 5.73 Å². The van der Waals surface area contributed by atoms with Gasteiger partial charge in [0.2, 0.25) is 0 Å². The molecule has 1 aromatic heterocycles. The Morgan fingerprint density at radius 3 is 2.61 bits per heavy atom. The first-order valence-electron chi connectivity index (χ1n) is 6.15. The molecule has 2 rings (SSSR count). The van der Waals surface area contributed by atoms with E-state index in [0.29, 0.717) is 0 Å². The standard InChI is InChI=1S/C14H19N3S/c1-3-18-12-6-4-11(5-7-12)13(15)10-14-16-8-9-17(14)2/h4-9,13H,3,10,15H2,1-2H3. The van der Waals surface area contributed by atoms with E-state index in [0.717, 1.165) is 18.0 Å². The topological polar surface area (TPSA) is 43.8 Å². The molecule has 96 valence electrons. The molecule has 4 heteroatoms. The normalized spacial score (nSPS) is 12.6. The summed E-state index contributed by atoms with van der Waals surface area (Å²) in [5.41, 5.74) is 7.38. The number of rotatable bonds is 5. The van der Waals surface area contributed by atoms with Crippen molar-refractivity contribution < 1.29 is 0 Å². The highest BCUT2D eigenvalue weighted by Gasteiger charge is 2.09. The molecular formula is C14H19N3S. The monoisotopic (exact) mass is 261 g/mol. The van der Waals surface area contributed by atoms with Crippen molar-refractivity contribution in [2.24, 2.45) is 12.8 Å². The van der Waals surface area contributed by atoms with Crippen LogP contribution in [0, 0.1) is 0 Å². The van der Waals surface area contributed by atoms with Crippen molar-refractivity contribution in [3.63, 3.8) is 0 Å². The number of benzene rings is 1. The van der Waals surface area contributed by atoms with Gasteiger partial charge in [0, 0.05) is 36.8 Å². The highest BCUT2D eigenvalue weighted by Crippen LogP contribution is 2.21. The third kappa shape index (κ3) is 3.15. The Morgan fingerprint density at radius 2 is 2.06 bits per heavy atom. The summed E-state index contributed by atoms with van der Waals surface area (Å²) in [5, 5.41) is 0. The van der Waals surface area contributed by atoms with Gasteiger partial charge in [0.1, 0.15) is 5.82 Å². The third-order valence-electron chi connectivity index (χ3n) is 2.94. The lowest BCUT2D eigenvalue weighted by Gasteiger charge is -2.12. The Labute approximate surface area is 112 Å². The Kier molecular flexibility index (Phi) is 4.44. The first-order chi connectivity index (χ1) is 8.70. The molecule has 0 aliphatic heterocycles. The van der Waals surface area contributed by atoms with Gasteiger partial charge in [-0.15, -0.1) is 11.8 Å². The second-order valence-electron chi connectivity index (χ2n) is 4.27. The van der Waals surface area contributed by atoms with E-state index < -0.39 is 0 Å². The van der Waals surface area contributed by atoms with E-state index in [-0.39, 0.29) is 6.04 Å². The lowest BCUT2D eigenvalue weighted by atomic mass is 10.0. The van der Waals surface area contributed by atoms with Crippen LogP contribution in [0.4, 0.5) is 0 Å². The van der Waals surface area contributed by atoms with Crippen molar-refractivity contribution in [2.75, 3.05) is 5.75 Å². The quantitative estimate of drug-likeness (QED) is 0.842. The van der Waals surface area contributed by atoms with Crippen LogP contribution in [0.5, 0.6) is 0 Å². The van der Waals surface area contributed by atoms with Crippen LogP contribution in [0.3, 0.4) is 0 Å². The molecule has 0 spiro atoms. The maximum atomic E-state index is 6.22. The molecule has 18 heavy (non-hydrogen) atoms. The zero-order valence-corrected chi connectivity index (χ0v) is 11.7. The molecule has 1 atom stereocenters. The second kappa shape index (κ2) is 6.07. The summed E-state index contributed by atoms with van der Waals surface area (Å²) in [5.74, 6) is 2.12. The third-order valence-corrected chi connectivity index (χ3v) is 3.84. The molecule has 2 aromatic rings. The van der Waals surface area contributed by atoms with Gasteiger partial charge in [0.15, 0.2) is 0 Å². The van der Waals surface area contributed by atoms with Gasteiger partial charge in [-0.2, -0.15) is 0 Å². The van der Waals surface area contributed by atoms with Gasteiger partial charge >= 0.3 is 0 Å². The van der Waals surface area contributed by atoms with Gasteiger partial charge in [-0.3, -0.25) is 0 Å². The summed E-state index contributed by atoms with van der Waals surface area (Å²) in [7, 11) is 2.00. The lowest BCUT2D eigenvalue weighted by Crippen LogP contribution is -2.15. The number of hydrogen-bond acceptors (Lipinski definition) is 3. The van der Waals surface area contributed by atoms with Crippen LogP contribution in [0.1, 0.15) is 24.4 Å². The Morgan fingerprint density at radius 1 is 1.33 bits per heavy atom. The Hall–Kier alpha value is -1.26. The predicted octanol–water partition coefficient (Wildman–Crippen LogP) is 2.77. The number of aromatic nitrogens is 2. The molecule has 0 aliphatic rings. The van der Waals surface area contributed by atoms with Crippen LogP contribution >= 0.6 is 11.8 Å². The van der Waals surface area contributed by atoms with Gasteiger partial charge in [-0.1, -0.05) is 19.1 Å². The molecule has 0 fully saturated rings. The Bertz CT molecular complexity index is 490. The van der Waals surface area contributed by atoms with E-state index in [9.17, 15) is 0 Å². The van der Waals surface area contributed by atoms with Crippen LogP contribution in [-0.4, -0.2) is 15.3 Å². The minimum atomic E-state index is 0.00627. The molecule has 0 radical (unpaired) electrons. The van der Waals surface area contributed by atoms with E-state index in [1.54, 1.807) is 0 Å². The van der Waals surface area contributed by atoms with Gasteiger partial charge in [0.05, 0.1) is 0 Å². The van der Waals surface area contributed by atoms with Crippen molar-refractivity contribution in [1.82, 2.24) is 9.55 Å². The minimum Gasteiger partial charge on any atom is -0.338 e. The number of thioether (sulfide) groups is 1.